The van der Waals surface area contributed by atoms with Gasteiger partial charge < -0.3 is 5.32 Å². The van der Waals surface area contributed by atoms with Crippen molar-refractivity contribution in [2.75, 3.05) is 16.8 Å². The Morgan fingerprint density at radius 1 is 1.08 bits per heavy atom. The van der Waals surface area contributed by atoms with Crippen LogP contribution in [0.1, 0.15) is 18.4 Å². The van der Waals surface area contributed by atoms with Crippen LogP contribution in [0.3, 0.4) is 0 Å². The standard InChI is InChI=1S/C18H20N2O3S/c1-13-5-7-14(8-6-13)16-3-2-4-17(19-16)20-18(21)15-9-11-24(22,23)12-10-15/h2-8,15H,9-12H2,1H3,(H,19,20,21). The van der Waals surface area contributed by atoms with Crippen molar-refractivity contribution in [1.82, 2.24) is 4.98 Å². The lowest BCUT2D eigenvalue weighted by atomic mass is 10.0. The highest BCUT2D eigenvalue weighted by Gasteiger charge is 2.28. The number of benzene rings is 1. The van der Waals surface area contributed by atoms with Gasteiger partial charge in [-0.15, -0.1) is 0 Å². The number of amides is 1. The Bertz CT molecular complexity index is 831. The number of nitrogens with one attached hydrogen (secondary N) is 1. The number of hydrogen-bond donors (Lipinski definition) is 1. The maximum Gasteiger partial charge on any atom is 0.228 e. The molecular formula is C18H20N2O3S. The van der Waals surface area contributed by atoms with E-state index in [2.05, 4.69) is 10.3 Å². The molecule has 1 aliphatic rings. The summed E-state index contributed by atoms with van der Waals surface area (Å²) in [5.41, 5.74) is 2.95. The molecule has 6 heteroatoms. The van der Waals surface area contributed by atoms with Gasteiger partial charge in [-0.05, 0) is 31.9 Å². The molecule has 1 aromatic carbocycles. The Morgan fingerprint density at radius 2 is 1.75 bits per heavy atom. The van der Waals surface area contributed by atoms with E-state index in [0.29, 0.717) is 18.7 Å². The van der Waals surface area contributed by atoms with Gasteiger partial charge in [0.2, 0.25) is 5.91 Å². The van der Waals surface area contributed by atoms with E-state index in [4.69, 9.17) is 0 Å². The predicted molar refractivity (Wildman–Crippen MR) is 94.4 cm³/mol. The maximum absolute atomic E-state index is 12.3. The van der Waals surface area contributed by atoms with Crippen molar-refractivity contribution in [3.05, 3.63) is 48.0 Å². The molecule has 1 fully saturated rings. The number of pyridine rings is 1. The number of aromatic nitrogens is 1. The van der Waals surface area contributed by atoms with Crippen molar-refractivity contribution in [2.24, 2.45) is 5.92 Å². The van der Waals surface area contributed by atoms with Crippen LogP contribution in [0.2, 0.25) is 0 Å². The molecule has 1 aliphatic heterocycles. The Balaban J connectivity index is 1.70. The molecule has 0 bridgehead atoms. The largest absolute Gasteiger partial charge is 0.310 e. The topological polar surface area (TPSA) is 76.1 Å². The molecule has 0 aliphatic carbocycles. The number of carbonyl (C=O) groups is 1. The Labute approximate surface area is 142 Å². The second-order valence-electron chi connectivity index (χ2n) is 6.19. The fourth-order valence-electron chi connectivity index (χ4n) is 2.77. The number of rotatable bonds is 3. The van der Waals surface area contributed by atoms with Gasteiger partial charge in [0.25, 0.3) is 0 Å². The molecule has 0 atom stereocenters. The Morgan fingerprint density at radius 3 is 2.42 bits per heavy atom. The third-order valence-corrected chi connectivity index (χ3v) is 5.99. The third kappa shape index (κ3) is 4.00. The number of hydrogen-bond acceptors (Lipinski definition) is 4. The van der Waals surface area contributed by atoms with Crippen molar-refractivity contribution < 1.29 is 13.2 Å². The summed E-state index contributed by atoms with van der Waals surface area (Å²) < 4.78 is 22.9. The minimum absolute atomic E-state index is 0.0852. The summed E-state index contributed by atoms with van der Waals surface area (Å²) in [6.45, 7) is 2.03. The molecule has 0 radical (unpaired) electrons. The van der Waals surface area contributed by atoms with Gasteiger partial charge >= 0.3 is 0 Å². The van der Waals surface area contributed by atoms with Crippen LogP contribution in [0.5, 0.6) is 0 Å². The molecule has 126 valence electrons. The van der Waals surface area contributed by atoms with Crippen LogP contribution >= 0.6 is 0 Å². The first-order valence-electron chi connectivity index (χ1n) is 7.98. The van der Waals surface area contributed by atoms with Crippen LogP contribution in [0, 0.1) is 12.8 Å². The van der Waals surface area contributed by atoms with E-state index in [-0.39, 0.29) is 23.3 Å². The van der Waals surface area contributed by atoms with Crippen LogP contribution in [-0.2, 0) is 14.6 Å². The zero-order chi connectivity index (χ0) is 17.2. The Kier molecular flexibility index (Phi) is 4.66. The summed E-state index contributed by atoms with van der Waals surface area (Å²) in [4.78, 5) is 16.8. The van der Waals surface area contributed by atoms with Crippen molar-refractivity contribution >= 4 is 21.6 Å². The zero-order valence-electron chi connectivity index (χ0n) is 13.5. The Hall–Kier alpha value is -2.21. The molecule has 1 N–H and O–H groups in total. The van der Waals surface area contributed by atoms with E-state index in [1.54, 1.807) is 6.07 Å². The summed E-state index contributed by atoms with van der Waals surface area (Å²) in [6.07, 6.45) is 0.762. The quantitative estimate of drug-likeness (QED) is 0.929. The molecule has 3 rings (SSSR count). The fourth-order valence-corrected chi connectivity index (χ4v) is 4.26. The van der Waals surface area contributed by atoms with Crippen molar-refractivity contribution in [3.63, 3.8) is 0 Å². The number of aryl methyl sites for hydroxylation is 1. The van der Waals surface area contributed by atoms with Crippen molar-refractivity contribution in [1.29, 1.82) is 0 Å². The smallest absolute Gasteiger partial charge is 0.228 e. The molecule has 24 heavy (non-hydrogen) atoms. The van der Waals surface area contributed by atoms with E-state index in [9.17, 15) is 13.2 Å². The maximum atomic E-state index is 12.3. The number of nitrogens with zero attached hydrogens (tertiary/aromatic N) is 1. The third-order valence-electron chi connectivity index (χ3n) is 4.27. The molecule has 5 nitrogen and oxygen atoms in total. The summed E-state index contributed by atoms with van der Waals surface area (Å²) in [6, 6.07) is 13.5. The van der Waals surface area contributed by atoms with E-state index in [0.717, 1.165) is 11.3 Å². The molecule has 0 saturated carbocycles. The van der Waals surface area contributed by atoms with Crippen LogP contribution in [0.15, 0.2) is 42.5 Å². The number of sulfone groups is 1. The molecule has 2 aromatic rings. The second-order valence-corrected chi connectivity index (χ2v) is 8.49. The van der Waals surface area contributed by atoms with E-state index in [1.165, 1.54) is 5.56 Å². The van der Waals surface area contributed by atoms with Gasteiger partial charge in [-0.3, -0.25) is 4.79 Å². The minimum Gasteiger partial charge on any atom is -0.310 e. The molecule has 0 spiro atoms. The fraction of sp³-hybridized carbons (Fsp3) is 0.333. The summed E-state index contributed by atoms with van der Waals surface area (Å²) in [5.74, 6) is 0.243. The van der Waals surface area contributed by atoms with E-state index >= 15 is 0 Å². The highest BCUT2D eigenvalue weighted by Crippen LogP contribution is 2.22. The number of carbonyl (C=O) groups excluding carboxylic acids is 1. The summed E-state index contributed by atoms with van der Waals surface area (Å²) in [7, 11) is -2.96. The van der Waals surface area contributed by atoms with Gasteiger partial charge in [-0.1, -0.05) is 35.9 Å². The molecule has 1 saturated heterocycles. The monoisotopic (exact) mass is 344 g/mol. The average molecular weight is 344 g/mol. The normalized spacial score (nSPS) is 17.4. The zero-order valence-corrected chi connectivity index (χ0v) is 14.3. The van der Waals surface area contributed by atoms with Gasteiger partial charge in [0.15, 0.2) is 0 Å². The van der Waals surface area contributed by atoms with Gasteiger partial charge in [0.05, 0.1) is 17.2 Å². The lowest BCUT2D eigenvalue weighted by molar-refractivity contribution is -0.120. The minimum atomic E-state index is -2.96. The molecule has 1 aromatic heterocycles. The first kappa shape index (κ1) is 16.6. The lowest BCUT2D eigenvalue weighted by Gasteiger charge is -2.21. The molecule has 1 amide bonds. The van der Waals surface area contributed by atoms with E-state index < -0.39 is 9.84 Å². The summed E-state index contributed by atoms with van der Waals surface area (Å²) in [5, 5.41) is 2.82. The van der Waals surface area contributed by atoms with Gasteiger partial charge in [0, 0.05) is 11.5 Å². The lowest BCUT2D eigenvalue weighted by Crippen LogP contribution is -2.32. The SMILES string of the molecule is Cc1ccc(-c2cccc(NC(=O)C3CCS(=O)(=O)CC3)n2)cc1. The highest BCUT2D eigenvalue weighted by molar-refractivity contribution is 7.91. The van der Waals surface area contributed by atoms with Crippen molar-refractivity contribution in [3.8, 4) is 11.3 Å². The van der Waals surface area contributed by atoms with Crippen LogP contribution in [0.25, 0.3) is 11.3 Å². The molecule has 0 unspecified atom stereocenters. The predicted octanol–water partition coefficient (Wildman–Crippen LogP) is 2.82. The second kappa shape index (κ2) is 6.73. The van der Waals surface area contributed by atoms with Crippen molar-refractivity contribution in [2.45, 2.75) is 19.8 Å². The van der Waals surface area contributed by atoms with Crippen LogP contribution < -0.4 is 5.32 Å². The van der Waals surface area contributed by atoms with Crippen LogP contribution in [0.4, 0.5) is 5.82 Å². The van der Waals surface area contributed by atoms with Gasteiger partial charge in [-0.2, -0.15) is 0 Å². The van der Waals surface area contributed by atoms with Gasteiger partial charge in [0.1, 0.15) is 15.7 Å². The number of anilines is 1. The highest BCUT2D eigenvalue weighted by atomic mass is 32.2. The molecular weight excluding hydrogens is 324 g/mol. The average Bonchev–Trinajstić information content (AvgIpc) is 2.55. The van der Waals surface area contributed by atoms with Crippen LogP contribution in [-0.4, -0.2) is 30.8 Å². The summed E-state index contributed by atoms with van der Waals surface area (Å²) >= 11 is 0. The first-order valence-corrected chi connectivity index (χ1v) is 9.80. The van der Waals surface area contributed by atoms with Gasteiger partial charge in [-0.25, -0.2) is 13.4 Å². The first-order chi connectivity index (χ1) is 11.4. The molecule has 2 heterocycles. The van der Waals surface area contributed by atoms with E-state index in [1.807, 2.05) is 43.3 Å².